The largest absolute Gasteiger partial charge is 0.506 e. The summed E-state index contributed by atoms with van der Waals surface area (Å²) in [6.07, 6.45) is 1.94. The minimum absolute atomic E-state index is 0.0359. The van der Waals surface area contributed by atoms with Crippen molar-refractivity contribution in [2.24, 2.45) is 5.41 Å². The quantitative estimate of drug-likeness (QED) is 0.837. The van der Waals surface area contributed by atoms with Crippen molar-refractivity contribution in [1.82, 2.24) is 4.98 Å². The van der Waals surface area contributed by atoms with Crippen LogP contribution >= 0.6 is 0 Å². The molecule has 94 valence electrons. The van der Waals surface area contributed by atoms with Gasteiger partial charge in [-0.1, -0.05) is 20.8 Å². The first kappa shape index (κ1) is 13.4. The lowest BCUT2D eigenvalue weighted by atomic mass is 9.89. The minimum Gasteiger partial charge on any atom is -0.506 e. The monoisotopic (exact) mass is 239 g/mol. The van der Waals surface area contributed by atoms with Crippen LogP contribution in [-0.2, 0) is 16.1 Å². The molecule has 0 spiro atoms. The number of rotatable bonds is 4. The van der Waals surface area contributed by atoms with E-state index in [0.29, 0.717) is 5.56 Å². The summed E-state index contributed by atoms with van der Waals surface area (Å²) in [5, 5.41) is 18.3. The molecule has 0 bridgehead atoms. The van der Waals surface area contributed by atoms with Gasteiger partial charge in [0.05, 0.1) is 12.8 Å². The first-order valence-electron chi connectivity index (χ1n) is 5.28. The Morgan fingerprint density at radius 1 is 1.47 bits per heavy atom. The normalized spacial score (nSPS) is 13.4. The number of carboxylic acid groups (broad SMARTS) is 1. The number of hydrogen-bond donors (Lipinski definition) is 2. The van der Waals surface area contributed by atoms with E-state index in [4.69, 9.17) is 9.84 Å². The van der Waals surface area contributed by atoms with Gasteiger partial charge in [-0.25, -0.2) is 4.79 Å². The molecular weight excluding hydrogens is 222 g/mol. The molecule has 0 aliphatic carbocycles. The number of aromatic nitrogens is 1. The lowest BCUT2D eigenvalue weighted by Gasteiger charge is -2.26. The van der Waals surface area contributed by atoms with E-state index >= 15 is 0 Å². The van der Waals surface area contributed by atoms with Crippen LogP contribution in [0.5, 0.6) is 5.75 Å². The van der Waals surface area contributed by atoms with E-state index in [-0.39, 0.29) is 12.4 Å². The van der Waals surface area contributed by atoms with Crippen LogP contribution in [0.4, 0.5) is 0 Å². The zero-order valence-corrected chi connectivity index (χ0v) is 10.2. The van der Waals surface area contributed by atoms with Gasteiger partial charge in [0.25, 0.3) is 0 Å². The molecule has 17 heavy (non-hydrogen) atoms. The van der Waals surface area contributed by atoms with Gasteiger partial charge >= 0.3 is 5.97 Å². The molecule has 0 amide bonds. The standard InChI is InChI=1S/C12H17NO4/c1-12(2,3)10(11(15)16)17-7-8-4-9(14)6-13-5-8/h4-6,10,14H,7H2,1-3H3,(H,15,16). The topological polar surface area (TPSA) is 79.7 Å². The van der Waals surface area contributed by atoms with Crippen molar-refractivity contribution in [3.63, 3.8) is 0 Å². The molecule has 0 fully saturated rings. The molecule has 1 aromatic heterocycles. The van der Waals surface area contributed by atoms with E-state index in [1.807, 2.05) is 0 Å². The summed E-state index contributed by atoms with van der Waals surface area (Å²) in [7, 11) is 0. The molecule has 1 unspecified atom stereocenters. The molecule has 1 aromatic rings. The van der Waals surface area contributed by atoms with Crippen LogP contribution in [0.2, 0.25) is 0 Å². The summed E-state index contributed by atoms with van der Waals surface area (Å²) in [6, 6.07) is 1.49. The van der Waals surface area contributed by atoms with Crippen LogP contribution in [0.15, 0.2) is 18.5 Å². The van der Waals surface area contributed by atoms with Gasteiger partial charge in [-0.3, -0.25) is 4.98 Å². The molecule has 2 N–H and O–H groups in total. The van der Waals surface area contributed by atoms with Crippen LogP contribution in [0.1, 0.15) is 26.3 Å². The van der Waals surface area contributed by atoms with Crippen molar-refractivity contribution >= 4 is 5.97 Å². The Hall–Kier alpha value is -1.62. The van der Waals surface area contributed by atoms with Gasteiger partial charge in [0.2, 0.25) is 0 Å². The van der Waals surface area contributed by atoms with Gasteiger partial charge in [-0.05, 0) is 17.0 Å². The molecule has 0 saturated carbocycles. The number of carboxylic acids is 1. The van der Waals surface area contributed by atoms with Gasteiger partial charge in [0.15, 0.2) is 6.10 Å². The molecule has 0 aliphatic heterocycles. The molecular formula is C12H17NO4. The van der Waals surface area contributed by atoms with E-state index < -0.39 is 17.5 Å². The lowest BCUT2D eigenvalue weighted by Crippen LogP contribution is -2.36. The maximum atomic E-state index is 11.0. The van der Waals surface area contributed by atoms with Crippen molar-refractivity contribution in [1.29, 1.82) is 0 Å². The highest BCUT2D eigenvalue weighted by Crippen LogP contribution is 2.23. The third-order valence-electron chi connectivity index (χ3n) is 2.21. The van der Waals surface area contributed by atoms with Crippen molar-refractivity contribution in [2.75, 3.05) is 0 Å². The van der Waals surface area contributed by atoms with E-state index in [1.54, 1.807) is 20.8 Å². The molecule has 1 atom stereocenters. The van der Waals surface area contributed by atoms with Crippen LogP contribution in [0.3, 0.4) is 0 Å². The van der Waals surface area contributed by atoms with E-state index in [1.165, 1.54) is 18.5 Å². The Balaban J connectivity index is 2.68. The van der Waals surface area contributed by atoms with Crippen LogP contribution in [0.25, 0.3) is 0 Å². The summed E-state index contributed by atoms with van der Waals surface area (Å²) < 4.78 is 5.36. The lowest BCUT2D eigenvalue weighted by molar-refractivity contribution is -0.159. The maximum Gasteiger partial charge on any atom is 0.333 e. The van der Waals surface area contributed by atoms with Gasteiger partial charge in [-0.2, -0.15) is 0 Å². The molecule has 5 heteroatoms. The third-order valence-corrected chi connectivity index (χ3v) is 2.21. The van der Waals surface area contributed by atoms with Crippen LogP contribution in [0, 0.1) is 5.41 Å². The number of pyridine rings is 1. The fourth-order valence-corrected chi connectivity index (χ4v) is 1.42. The second kappa shape index (κ2) is 5.14. The van der Waals surface area contributed by atoms with Crippen LogP contribution < -0.4 is 0 Å². The summed E-state index contributed by atoms with van der Waals surface area (Å²) >= 11 is 0. The second-order valence-electron chi connectivity index (χ2n) is 4.95. The zero-order valence-electron chi connectivity index (χ0n) is 10.2. The molecule has 0 aliphatic rings. The first-order chi connectivity index (χ1) is 7.80. The Kier molecular flexibility index (Phi) is 4.07. The fourth-order valence-electron chi connectivity index (χ4n) is 1.42. The summed E-state index contributed by atoms with van der Waals surface area (Å²) in [6.45, 7) is 5.50. The number of aliphatic carboxylic acids is 1. The zero-order chi connectivity index (χ0) is 13.1. The van der Waals surface area contributed by atoms with E-state index in [0.717, 1.165) is 0 Å². The van der Waals surface area contributed by atoms with Crippen molar-refractivity contribution in [3.8, 4) is 5.75 Å². The molecule has 1 heterocycles. The van der Waals surface area contributed by atoms with E-state index in [2.05, 4.69) is 4.98 Å². The highest BCUT2D eigenvalue weighted by atomic mass is 16.5. The van der Waals surface area contributed by atoms with Crippen LogP contribution in [-0.4, -0.2) is 27.3 Å². The molecule has 0 saturated heterocycles. The van der Waals surface area contributed by atoms with E-state index in [9.17, 15) is 9.90 Å². The summed E-state index contributed by atoms with van der Waals surface area (Å²) in [5.41, 5.74) is 0.149. The van der Waals surface area contributed by atoms with Crippen molar-refractivity contribution < 1.29 is 19.7 Å². The highest BCUT2D eigenvalue weighted by Gasteiger charge is 2.32. The van der Waals surface area contributed by atoms with Gasteiger partial charge in [0, 0.05) is 6.20 Å². The number of aromatic hydroxyl groups is 1. The SMILES string of the molecule is CC(C)(C)C(OCc1cncc(O)c1)C(=O)O. The number of hydrogen-bond acceptors (Lipinski definition) is 4. The average Bonchev–Trinajstić information content (AvgIpc) is 2.15. The summed E-state index contributed by atoms with van der Waals surface area (Å²) in [4.78, 5) is 14.8. The second-order valence-corrected chi connectivity index (χ2v) is 4.95. The number of ether oxygens (including phenoxy) is 1. The molecule has 0 aromatic carbocycles. The van der Waals surface area contributed by atoms with Gasteiger partial charge in [0.1, 0.15) is 5.75 Å². The highest BCUT2D eigenvalue weighted by molar-refractivity contribution is 5.73. The predicted octanol–water partition coefficient (Wildman–Crippen LogP) is 1.80. The Labute approximate surface area is 100 Å². The molecule has 1 rings (SSSR count). The Morgan fingerprint density at radius 3 is 2.59 bits per heavy atom. The van der Waals surface area contributed by atoms with Gasteiger partial charge in [-0.15, -0.1) is 0 Å². The maximum absolute atomic E-state index is 11.0. The third kappa shape index (κ3) is 4.03. The Morgan fingerprint density at radius 2 is 2.12 bits per heavy atom. The molecule has 5 nitrogen and oxygen atoms in total. The molecule has 0 radical (unpaired) electrons. The fraction of sp³-hybridized carbons (Fsp3) is 0.500. The number of nitrogens with zero attached hydrogens (tertiary/aromatic N) is 1. The average molecular weight is 239 g/mol. The summed E-state index contributed by atoms with van der Waals surface area (Å²) in [5.74, 6) is -0.959. The Bertz CT molecular complexity index is 398. The van der Waals surface area contributed by atoms with Crippen molar-refractivity contribution in [3.05, 3.63) is 24.0 Å². The minimum atomic E-state index is -0.995. The smallest absolute Gasteiger partial charge is 0.333 e. The predicted molar refractivity (Wildman–Crippen MR) is 61.6 cm³/mol. The van der Waals surface area contributed by atoms with Gasteiger partial charge < -0.3 is 14.9 Å². The van der Waals surface area contributed by atoms with Crippen molar-refractivity contribution in [2.45, 2.75) is 33.5 Å². The number of carbonyl (C=O) groups is 1. The first-order valence-corrected chi connectivity index (χ1v) is 5.28.